The van der Waals surface area contributed by atoms with Crippen LogP contribution in [0.15, 0.2) is 18.2 Å². The highest BCUT2D eigenvalue weighted by Gasteiger charge is 2.25. The molecule has 1 fully saturated rings. The number of carbonyl (C=O) groups is 2. The molecule has 1 aromatic carbocycles. The molecule has 17 heavy (non-hydrogen) atoms. The van der Waals surface area contributed by atoms with E-state index < -0.39 is 5.97 Å². The average molecular weight is 232 g/mol. The molecule has 1 saturated carbocycles. The maximum Gasteiger partial charge on any atom is 0.227 e. The highest BCUT2D eigenvalue weighted by atomic mass is 16.4. The van der Waals surface area contributed by atoms with Crippen molar-refractivity contribution < 1.29 is 14.7 Å². The van der Waals surface area contributed by atoms with Crippen molar-refractivity contribution in [2.45, 2.75) is 26.2 Å². The van der Waals surface area contributed by atoms with Gasteiger partial charge < -0.3 is 15.2 Å². The molecule has 90 valence electrons. The number of carboxylic acids is 1. The van der Waals surface area contributed by atoms with E-state index in [-0.39, 0.29) is 17.4 Å². The minimum atomic E-state index is -1.26. The van der Waals surface area contributed by atoms with E-state index in [0.29, 0.717) is 11.3 Å². The highest BCUT2D eigenvalue weighted by Crippen LogP contribution is 2.28. The van der Waals surface area contributed by atoms with E-state index in [4.69, 9.17) is 0 Å². The highest BCUT2D eigenvalue weighted by molar-refractivity contribution is 6.01. The van der Waals surface area contributed by atoms with Gasteiger partial charge in [-0.1, -0.05) is 18.6 Å². The number of amides is 1. The van der Waals surface area contributed by atoms with Gasteiger partial charge in [-0.3, -0.25) is 4.79 Å². The van der Waals surface area contributed by atoms with Crippen molar-refractivity contribution >= 4 is 17.6 Å². The van der Waals surface area contributed by atoms with Crippen molar-refractivity contribution in [1.82, 2.24) is 0 Å². The number of benzene rings is 1. The largest absolute Gasteiger partial charge is 0.545 e. The summed E-state index contributed by atoms with van der Waals surface area (Å²) in [7, 11) is 0. The minimum absolute atomic E-state index is 0.0325. The SMILES string of the molecule is Cc1cccc(NC(=O)C2CCC2)c1C(=O)[O-]. The summed E-state index contributed by atoms with van der Waals surface area (Å²) in [6.45, 7) is 1.68. The number of nitrogens with one attached hydrogen (secondary N) is 1. The summed E-state index contributed by atoms with van der Waals surface area (Å²) in [6, 6.07) is 5.00. The number of aryl methyl sites for hydroxylation is 1. The van der Waals surface area contributed by atoms with Crippen LogP contribution in [0, 0.1) is 12.8 Å². The van der Waals surface area contributed by atoms with Crippen LogP contribution in [0.4, 0.5) is 5.69 Å². The molecule has 0 radical (unpaired) electrons. The molecule has 1 N–H and O–H groups in total. The summed E-state index contributed by atoms with van der Waals surface area (Å²) in [5.41, 5.74) is 0.999. The monoisotopic (exact) mass is 232 g/mol. The first-order valence-electron chi connectivity index (χ1n) is 5.71. The lowest BCUT2D eigenvalue weighted by Crippen LogP contribution is -2.30. The maximum absolute atomic E-state index is 11.8. The van der Waals surface area contributed by atoms with E-state index in [9.17, 15) is 14.7 Å². The van der Waals surface area contributed by atoms with Crippen LogP contribution in [0.1, 0.15) is 35.2 Å². The Labute approximate surface area is 99.6 Å². The number of hydrogen-bond acceptors (Lipinski definition) is 3. The second-order valence-corrected chi connectivity index (χ2v) is 4.40. The molecule has 1 amide bonds. The fraction of sp³-hybridized carbons (Fsp3) is 0.385. The molecular weight excluding hydrogens is 218 g/mol. The van der Waals surface area contributed by atoms with Crippen molar-refractivity contribution in [3.63, 3.8) is 0 Å². The van der Waals surface area contributed by atoms with E-state index in [1.54, 1.807) is 25.1 Å². The van der Waals surface area contributed by atoms with Gasteiger partial charge in [-0.05, 0) is 31.4 Å². The number of aromatic carboxylic acids is 1. The zero-order chi connectivity index (χ0) is 12.4. The fourth-order valence-corrected chi connectivity index (χ4v) is 1.95. The van der Waals surface area contributed by atoms with E-state index in [2.05, 4.69) is 5.32 Å². The molecule has 1 aliphatic carbocycles. The Kier molecular flexibility index (Phi) is 3.13. The molecule has 0 spiro atoms. The molecule has 0 aromatic heterocycles. The van der Waals surface area contributed by atoms with Crippen LogP contribution in [0.3, 0.4) is 0 Å². The Morgan fingerprint density at radius 3 is 2.59 bits per heavy atom. The van der Waals surface area contributed by atoms with Crippen LogP contribution in [0.2, 0.25) is 0 Å². The van der Waals surface area contributed by atoms with Crippen molar-refractivity contribution in [2.24, 2.45) is 5.92 Å². The quantitative estimate of drug-likeness (QED) is 0.848. The van der Waals surface area contributed by atoms with Gasteiger partial charge in [0.15, 0.2) is 0 Å². The predicted molar refractivity (Wildman–Crippen MR) is 61.5 cm³/mol. The molecule has 4 heteroatoms. The smallest absolute Gasteiger partial charge is 0.227 e. The lowest BCUT2D eigenvalue weighted by molar-refractivity contribution is -0.254. The Morgan fingerprint density at radius 1 is 1.35 bits per heavy atom. The number of carbonyl (C=O) groups excluding carboxylic acids is 2. The Hall–Kier alpha value is -1.84. The number of hydrogen-bond donors (Lipinski definition) is 1. The normalized spacial score (nSPS) is 15.1. The molecule has 4 nitrogen and oxygen atoms in total. The van der Waals surface area contributed by atoms with Crippen molar-refractivity contribution in [3.05, 3.63) is 29.3 Å². The van der Waals surface area contributed by atoms with E-state index >= 15 is 0 Å². The number of carboxylic acid groups (broad SMARTS) is 1. The predicted octanol–water partition coefficient (Wildman–Crippen LogP) is 1.10. The third-order valence-corrected chi connectivity index (χ3v) is 3.21. The minimum Gasteiger partial charge on any atom is -0.545 e. The van der Waals surface area contributed by atoms with Gasteiger partial charge in [0, 0.05) is 11.5 Å². The Bertz CT molecular complexity index is 464. The standard InChI is InChI=1S/C13H15NO3/c1-8-4-2-7-10(11(8)13(16)17)14-12(15)9-5-3-6-9/h2,4,7,9H,3,5-6H2,1H3,(H,14,15)(H,16,17)/p-1. The molecule has 0 aliphatic heterocycles. The Morgan fingerprint density at radius 2 is 2.06 bits per heavy atom. The molecule has 2 rings (SSSR count). The third-order valence-electron chi connectivity index (χ3n) is 3.21. The van der Waals surface area contributed by atoms with Crippen molar-refractivity contribution in [1.29, 1.82) is 0 Å². The van der Waals surface area contributed by atoms with Crippen LogP contribution in [0.25, 0.3) is 0 Å². The van der Waals surface area contributed by atoms with Crippen LogP contribution in [-0.4, -0.2) is 11.9 Å². The van der Waals surface area contributed by atoms with E-state index in [1.807, 2.05) is 0 Å². The van der Waals surface area contributed by atoms with Gasteiger partial charge in [0.05, 0.1) is 11.7 Å². The van der Waals surface area contributed by atoms with Gasteiger partial charge in [-0.15, -0.1) is 0 Å². The molecular formula is C13H14NO3-. The van der Waals surface area contributed by atoms with Crippen LogP contribution >= 0.6 is 0 Å². The van der Waals surface area contributed by atoms with Gasteiger partial charge in [-0.25, -0.2) is 0 Å². The first kappa shape index (κ1) is 11.6. The molecule has 0 atom stereocenters. The van der Waals surface area contributed by atoms with Gasteiger partial charge in [0.1, 0.15) is 0 Å². The van der Waals surface area contributed by atoms with Gasteiger partial charge >= 0.3 is 0 Å². The summed E-state index contributed by atoms with van der Waals surface area (Å²) in [4.78, 5) is 22.8. The lowest BCUT2D eigenvalue weighted by atomic mass is 9.84. The summed E-state index contributed by atoms with van der Waals surface area (Å²) in [5.74, 6) is -1.32. The van der Waals surface area contributed by atoms with Gasteiger partial charge in [0.2, 0.25) is 5.91 Å². The summed E-state index contributed by atoms with van der Waals surface area (Å²) >= 11 is 0. The molecule has 1 aromatic rings. The topological polar surface area (TPSA) is 69.2 Å². The van der Waals surface area contributed by atoms with Gasteiger partial charge in [-0.2, -0.15) is 0 Å². The summed E-state index contributed by atoms with van der Waals surface area (Å²) in [5, 5.41) is 13.7. The van der Waals surface area contributed by atoms with E-state index in [0.717, 1.165) is 19.3 Å². The summed E-state index contributed by atoms with van der Waals surface area (Å²) < 4.78 is 0. The number of rotatable bonds is 3. The van der Waals surface area contributed by atoms with Crippen molar-refractivity contribution in [2.75, 3.05) is 5.32 Å². The molecule has 0 heterocycles. The average Bonchev–Trinajstić information content (AvgIpc) is 2.13. The zero-order valence-electron chi connectivity index (χ0n) is 9.66. The first-order valence-corrected chi connectivity index (χ1v) is 5.71. The molecule has 1 aliphatic rings. The van der Waals surface area contributed by atoms with Crippen LogP contribution in [0.5, 0.6) is 0 Å². The molecule has 0 saturated heterocycles. The van der Waals surface area contributed by atoms with Gasteiger partial charge in [0.25, 0.3) is 0 Å². The maximum atomic E-state index is 11.8. The second-order valence-electron chi connectivity index (χ2n) is 4.40. The van der Waals surface area contributed by atoms with Crippen LogP contribution in [-0.2, 0) is 4.79 Å². The molecule has 0 unspecified atom stereocenters. The first-order chi connectivity index (χ1) is 8.09. The summed E-state index contributed by atoms with van der Waals surface area (Å²) in [6.07, 6.45) is 2.84. The van der Waals surface area contributed by atoms with Crippen molar-refractivity contribution in [3.8, 4) is 0 Å². The van der Waals surface area contributed by atoms with Crippen LogP contribution < -0.4 is 10.4 Å². The lowest BCUT2D eigenvalue weighted by Gasteiger charge is -2.25. The van der Waals surface area contributed by atoms with E-state index in [1.165, 1.54) is 0 Å². The third kappa shape index (κ3) is 2.30. The Balaban J connectivity index is 2.22. The fourth-order valence-electron chi connectivity index (χ4n) is 1.95. The molecule has 0 bridgehead atoms. The number of anilines is 1. The zero-order valence-corrected chi connectivity index (χ0v) is 9.66. The second kappa shape index (κ2) is 4.57.